The Bertz CT molecular complexity index is 437. The molecule has 0 bridgehead atoms. The van der Waals surface area contributed by atoms with Crippen molar-refractivity contribution in [1.82, 2.24) is 0 Å². The van der Waals surface area contributed by atoms with Crippen molar-refractivity contribution in [2.24, 2.45) is 5.73 Å². The van der Waals surface area contributed by atoms with Crippen molar-refractivity contribution in [3.63, 3.8) is 0 Å². The van der Waals surface area contributed by atoms with Gasteiger partial charge in [-0.05, 0) is 30.5 Å². The van der Waals surface area contributed by atoms with Crippen LogP contribution >= 0.6 is 0 Å². The van der Waals surface area contributed by atoms with Gasteiger partial charge >= 0.3 is 0 Å². The Kier molecular flexibility index (Phi) is 4.13. The summed E-state index contributed by atoms with van der Waals surface area (Å²) in [6.45, 7) is 7.22. The molecule has 1 fully saturated rings. The summed E-state index contributed by atoms with van der Waals surface area (Å²) >= 11 is 0. The van der Waals surface area contributed by atoms with E-state index in [-0.39, 0.29) is 6.04 Å². The van der Waals surface area contributed by atoms with Gasteiger partial charge in [0.15, 0.2) is 5.79 Å². The first-order valence-electron chi connectivity index (χ1n) is 6.68. The summed E-state index contributed by atoms with van der Waals surface area (Å²) in [5.41, 5.74) is 7.96. The van der Waals surface area contributed by atoms with E-state index >= 15 is 0 Å². The maximum absolute atomic E-state index is 5.81. The van der Waals surface area contributed by atoms with Crippen LogP contribution in [0.5, 0.6) is 5.75 Å². The number of rotatable bonds is 3. The zero-order valence-electron chi connectivity index (χ0n) is 12.1. The lowest BCUT2D eigenvalue weighted by Gasteiger charge is -2.37. The van der Waals surface area contributed by atoms with Gasteiger partial charge in [-0.1, -0.05) is 19.9 Å². The van der Waals surface area contributed by atoms with Crippen LogP contribution in [0.15, 0.2) is 18.2 Å². The molecular formula is C15H23NO3. The molecule has 106 valence electrons. The SMILES string of the molecule is COc1ccc(C(C)C)cc1C1(C)OCC(N)CO1. The molecule has 1 heterocycles. The average Bonchev–Trinajstić information content (AvgIpc) is 2.41. The van der Waals surface area contributed by atoms with Crippen LogP contribution in [0.2, 0.25) is 0 Å². The van der Waals surface area contributed by atoms with E-state index in [1.54, 1.807) is 7.11 Å². The molecule has 1 aromatic rings. The highest BCUT2D eigenvalue weighted by Gasteiger charge is 2.36. The molecule has 0 radical (unpaired) electrons. The van der Waals surface area contributed by atoms with Crippen molar-refractivity contribution in [1.29, 1.82) is 0 Å². The molecule has 0 spiro atoms. The van der Waals surface area contributed by atoms with Crippen molar-refractivity contribution in [3.8, 4) is 5.75 Å². The topological polar surface area (TPSA) is 53.7 Å². The maximum atomic E-state index is 5.81. The van der Waals surface area contributed by atoms with E-state index in [0.29, 0.717) is 19.1 Å². The fraction of sp³-hybridized carbons (Fsp3) is 0.600. The van der Waals surface area contributed by atoms with Crippen LogP contribution in [0.1, 0.15) is 37.8 Å². The van der Waals surface area contributed by atoms with E-state index in [2.05, 4.69) is 26.0 Å². The number of benzene rings is 1. The summed E-state index contributed by atoms with van der Waals surface area (Å²) in [5, 5.41) is 0. The first-order valence-corrected chi connectivity index (χ1v) is 6.68. The molecule has 1 saturated heterocycles. The Labute approximate surface area is 114 Å². The van der Waals surface area contributed by atoms with E-state index in [4.69, 9.17) is 19.9 Å². The van der Waals surface area contributed by atoms with Gasteiger partial charge in [-0.2, -0.15) is 0 Å². The highest BCUT2D eigenvalue weighted by molar-refractivity contribution is 5.41. The molecule has 0 saturated carbocycles. The van der Waals surface area contributed by atoms with Gasteiger partial charge in [-0.25, -0.2) is 0 Å². The molecule has 2 N–H and O–H groups in total. The molecule has 0 unspecified atom stereocenters. The van der Waals surface area contributed by atoms with E-state index in [0.717, 1.165) is 11.3 Å². The van der Waals surface area contributed by atoms with Gasteiger partial charge in [0, 0.05) is 0 Å². The predicted molar refractivity (Wildman–Crippen MR) is 74.3 cm³/mol. The minimum absolute atomic E-state index is 0.0626. The molecule has 1 aliphatic heterocycles. The molecule has 0 atom stereocenters. The summed E-state index contributed by atoms with van der Waals surface area (Å²) in [6, 6.07) is 6.08. The average molecular weight is 265 g/mol. The fourth-order valence-electron chi connectivity index (χ4n) is 2.22. The van der Waals surface area contributed by atoms with Crippen LogP contribution in [0.4, 0.5) is 0 Å². The van der Waals surface area contributed by atoms with Crippen LogP contribution in [-0.2, 0) is 15.3 Å². The first kappa shape index (κ1) is 14.3. The van der Waals surface area contributed by atoms with Gasteiger partial charge < -0.3 is 19.9 Å². The monoisotopic (exact) mass is 265 g/mol. The Hall–Kier alpha value is -1.10. The van der Waals surface area contributed by atoms with Crippen LogP contribution in [0, 0.1) is 0 Å². The van der Waals surface area contributed by atoms with E-state index < -0.39 is 5.79 Å². The second kappa shape index (κ2) is 5.49. The Morgan fingerprint density at radius 2 is 1.95 bits per heavy atom. The predicted octanol–water partition coefficient (Wildman–Crippen LogP) is 2.37. The lowest BCUT2D eigenvalue weighted by molar-refractivity contribution is -0.270. The van der Waals surface area contributed by atoms with Gasteiger partial charge in [0.1, 0.15) is 5.75 Å². The zero-order chi connectivity index (χ0) is 14.0. The van der Waals surface area contributed by atoms with Crippen LogP contribution in [0.3, 0.4) is 0 Å². The summed E-state index contributed by atoms with van der Waals surface area (Å²) in [6.07, 6.45) is 0. The number of ether oxygens (including phenoxy) is 3. The summed E-state index contributed by atoms with van der Waals surface area (Å²) < 4.78 is 17.1. The number of hydrogen-bond donors (Lipinski definition) is 1. The molecule has 1 aromatic carbocycles. The molecule has 4 heteroatoms. The second-order valence-electron chi connectivity index (χ2n) is 5.44. The van der Waals surface area contributed by atoms with E-state index in [9.17, 15) is 0 Å². The molecular weight excluding hydrogens is 242 g/mol. The highest BCUT2D eigenvalue weighted by atomic mass is 16.7. The summed E-state index contributed by atoms with van der Waals surface area (Å²) in [5.74, 6) is 0.438. The number of nitrogens with two attached hydrogens (primary N) is 1. The minimum Gasteiger partial charge on any atom is -0.496 e. The van der Waals surface area contributed by atoms with Gasteiger partial charge in [-0.3, -0.25) is 0 Å². The lowest BCUT2D eigenvalue weighted by atomic mass is 9.96. The third kappa shape index (κ3) is 2.91. The van der Waals surface area contributed by atoms with Crippen LogP contribution < -0.4 is 10.5 Å². The molecule has 0 aromatic heterocycles. The number of hydrogen-bond acceptors (Lipinski definition) is 4. The third-order valence-electron chi connectivity index (χ3n) is 3.53. The Balaban J connectivity index is 2.38. The Morgan fingerprint density at radius 3 is 2.47 bits per heavy atom. The molecule has 19 heavy (non-hydrogen) atoms. The van der Waals surface area contributed by atoms with E-state index in [1.165, 1.54) is 5.56 Å². The van der Waals surface area contributed by atoms with Crippen molar-refractivity contribution in [2.45, 2.75) is 38.5 Å². The third-order valence-corrected chi connectivity index (χ3v) is 3.53. The second-order valence-corrected chi connectivity index (χ2v) is 5.44. The summed E-state index contributed by atoms with van der Waals surface area (Å²) in [7, 11) is 1.66. The quantitative estimate of drug-likeness (QED) is 0.911. The van der Waals surface area contributed by atoms with Crippen molar-refractivity contribution >= 4 is 0 Å². The molecule has 1 aliphatic rings. The maximum Gasteiger partial charge on any atom is 0.195 e. The molecule has 0 aliphatic carbocycles. The van der Waals surface area contributed by atoms with Gasteiger partial charge in [0.25, 0.3) is 0 Å². The normalized spacial score (nSPS) is 27.6. The van der Waals surface area contributed by atoms with Gasteiger partial charge in [0.2, 0.25) is 0 Å². The highest BCUT2D eigenvalue weighted by Crippen LogP contribution is 2.37. The number of methoxy groups -OCH3 is 1. The standard InChI is InChI=1S/C15H23NO3/c1-10(2)11-5-6-14(17-4)13(7-11)15(3)18-8-12(16)9-19-15/h5-7,10,12H,8-9,16H2,1-4H3. The zero-order valence-corrected chi connectivity index (χ0v) is 12.1. The lowest BCUT2D eigenvalue weighted by Crippen LogP contribution is -2.46. The largest absolute Gasteiger partial charge is 0.496 e. The van der Waals surface area contributed by atoms with Crippen LogP contribution in [0.25, 0.3) is 0 Å². The van der Waals surface area contributed by atoms with E-state index in [1.807, 2.05) is 13.0 Å². The summed E-state index contributed by atoms with van der Waals surface area (Å²) in [4.78, 5) is 0. The Morgan fingerprint density at radius 1 is 1.32 bits per heavy atom. The van der Waals surface area contributed by atoms with Gasteiger partial charge in [0.05, 0.1) is 31.9 Å². The van der Waals surface area contributed by atoms with Crippen molar-refractivity contribution in [2.75, 3.05) is 20.3 Å². The van der Waals surface area contributed by atoms with Gasteiger partial charge in [-0.15, -0.1) is 0 Å². The fourth-order valence-corrected chi connectivity index (χ4v) is 2.22. The smallest absolute Gasteiger partial charge is 0.195 e. The van der Waals surface area contributed by atoms with Crippen molar-refractivity contribution in [3.05, 3.63) is 29.3 Å². The first-order chi connectivity index (χ1) is 8.96. The van der Waals surface area contributed by atoms with Crippen LogP contribution in [-0.4, -0.2) is 26.4 Å². The van der Waals surface area contributed by atoms with Crippen molar-refractivity contribution < 1.29 is 14.2 Å². The molecule has 0 amide bonds. The minimum atomic E-state index is -0.786. The molecule has 2 rings (SSSR count). The molecule has 4 nitrogen and oxygen atoms in total.